The second kappa shape index (κ2) is 3.05. The molecule has 2 fully saturated rings. The van der Waals surface area contributed by atoms with Crippen LogP contribution in [0.5, 0.6) is 0 Å². The molecule has 0 amide bonds. The molecule has 68 valence electrons. The molecule has 0 radical (unpaired) electrons. The van der Waals surface area contributed by atoms with E-state index in [-0.39, 0.29) is 0 Å². The summed E-state index contributed by atoms with van der Waals surface area (Å²) in [6, 6.07) is 0.598. The van der Waals surface area contributed by atoms with Gasteiger partial charge in [-0.25, -0.2) is 0 Å². The molecule has 0 aromatic rings. The molecule has 0 aromatic heterocycles. The minimum atomic E-state index is -0.631. The molecule has 0 saturated carbocycles. The van der Waals surface area contributed by atoms with E-state index in [0.29, 0.717) is 18.4 Å². The first-order valence-electron chi connectivity index (χ1n) is 4.73. The Morgan fingerprint density at radius 2 is 2.25 bits per heavy atom. The number of carboxylic acids is 1. The number of carboxylic acid groups (broad SMARTS) is 1. The monoisotopic (exact) mass is 169 g/mol. The maximum Gasteiger partial charge on any atom is 0.303 e. The Balaban J connectivity index is 1.95. The first-order chi connectivity index (χ1) is 5.77. The van der Waals surface area contributed by atoms with Crippen LogP contribution in [0.2, 0.25) is 0 Å². The number of rotatable bonds is 2. The van der Waals surface area contributed by atoms with E-state index in [1.165, 1.54) is 19.4 Å². The van der Waals surface area contributed by atoms with Crippen molar-refractivity contribution in [2.75, 3.05) is 13.1 Å². The fourth-order valence-electron chi connectivity index (χ4n) is 2.65. The van der Waals surface area contributed by atoms with Crippen molar-refractivity contribution in [2.45, 2.75) is 31.7 Å². The highest BCUT2D eigenvalue weighted by molar-refractivity contribution is 5.67. The first kappa shape index (κ1) is 8.05. The quantitative estimate of drug-likeness (QED) is 0.669. The van der Waals surface area contributed by atoms with Crippen LogP contribution >= 0.6 is 0 Å². The number of aliphatic carboxylic acids is 1. The second-order valence-corrected chi connectivity index (χ2v) is 3.89. The average molecular weight is 169 g/mol. The summed E-state index contributed by atoms with van der Waals surface area (Å²) in [5.74, 6) is -0.196. The van der Waals surface area contributed by atoms with Crippen LogP contribution in [0.4, 0.5) is 0 Å². The molecular weight excluding hydrogens is 154 g/mol. The van der Waals surface area contributed by atoms with Crippen molar-refractivity contribution >= 4 is 5.97 Å². The van der Waals surface area contributed by atoms with Crippen molar-refractivity contribution < 1.29 is 9.90 Å². The Labute approximate surface area is 72.4 Å². The zero-order chi connectivity index (χ0) is 8.55. The molecule has 0 spiro atoms. The zero-order valence-corrected chi connectivity index (χ0v) is 7.20. The van der Waals surface area contributed by atoms with Crippen molar-refractivity contribution in [3.8, 4) is 0 Å². The summed E-state index contributed by atoms with van der Waals surface area (Å²) < 4.78 is 0. The van der Waals surface area contributed by atoms with Gasteiger partial charge in [-0.2, -0.15) is 0 Å². The third-order valence-electron chi connectivity index (χ3n) is 3.18. The summed E-state index contributed by atoms with van der Waals surface area (Å²) in [4.78, 5) is 13.0. The highest BCUT2D eigenvalue weighted by atomic mass is 16.4. The summed E-state index contributed by atoms with van der Waals surface area (Å²) in [7, 11) is 0. The van der Waals surface area contributed by atoms with Gasteiger partial charge in [0.1, 0.15) is 0 Å². The van der Waals surface area contributed by atoms with Crippen LogP contribution in [-0.2, 0) is 4.79 Å². The molecule has 0 bridgehead atoms. The summed E-state index contributed by atoms with van der Waals surface area (Å²) in [6.45, 7) is 2.32. The largest absolute Gasteiger partial charge is 0.481 e. The summed E-state index contributed by atoms with van der Waals surface area (Å²) in [5, 5.41) is 8.68. The maximum atomic E-state index is 10.5. The molecule has 2 atom stereocenters. The topological polar surface area (TPSA) is 40.5 Å². The molecular formula is C9H15NO2. The predicted octanol–water partition coefficient (Wildman–Crippen LogP) is 0.945. The van der Waals surface area contributed by atoms with Crippen LogP contribution < -0.4 is 0 Å². The number of fused-ring (bicyclic) bond motifs is 1. The van der Waals surface area contributed by atoms with Crippen molar-refractivity contribution in [1.29, 1.82) is 0 Å². The predicted molar refractivity (Wildman–Crippen MR) is 45.0 cm³/mol. The Kier molecular flexibility index (Phi) is 2.05. The third-order valence-corrected chi connectivity index (χ3v) is 3.18. The van der Waals surface area contributed by atoms with Crippen LogP contribution in [-0.4, -0.2) is 35.1 Å². The fourth-order valence-corrected chi connectivity index (χ4v) is 2.65. The smallest absolute Gasteiger partial charge is 0.303 e. The molecule has 1 N–H and O–H groups in total. The molecule has 2 heterocycles. The molecule has 2 aliphatic rings. The number of nitrogens with zero attached hydrogens (tertiary/aromatic N) is 1. The van der Waals surface area contributed by atoms with Gasteiger partial charge in [0.15, 0.2) is 0 Å². The lowest BCUT2D eigenvalue weighted by Gasteiger charge is -2.18. The Bertz CT molecular complexity index is 193. The van der Waals surface area contributed by atoms with Gasteiger partial charge in [0.2, 0.25) is 0 Å². The van der Waals surface area contributed by atoms with E-state index < -0.39 is 5.97 Å². The lowest BCUT2D eigenvalue weighted by molar-refractivity contribution is -0.138. The van der Waals surface area contributed by atoms with Gasteiger partial charge in [0.25, 0.3) is 0 Å². The minimum absolute atomic E-state index is 0.376. The highest BCUT2D eigenvalue weighted by Crippen LogP contribution is 2.34. The fraction of sp³-hybridized carbons (Fsp3) is 0.889. The van der Waals surface area contributed by atoms with Crippen LogP contribution in [0, 0.1) is 5.92 Å². The standard InChI is InChI=1S/C9H15NO2/c11-9(12)6-7-3-5-10-4-1-2-8(7)10/h7-8H,1-6H2,(H,11,12). The van der Waals surface area contributed by atoms with E-state index in [2.05, 4.69) is 4.90 Å². The van der Waals surface area contributed by atoms with Gasteiger partial charge in [0, 0.05) is 12.5 Å². The van der Waals surface area contributed by atoms with E-state index in [1.807, 2.05) is 0 Å². The normalized spacial score (nSPS) is 35.3. The minimum Gasteiger partial charge on any atom is -0.481 e. The molecule has 0 aromatic carbocycles. The summed E-state index contributed by atoms with van der Waals surface area (Å²) in [5.41, 5.74) is 0. The van der Waals surface area contributed by atoms with Crippen molar-refractivity contribution in [3.05, 3.63) is 0 Å². The van der Waals surface area contributed by atoms with Gasteiger partial charge in [-0.3, -0.25) is 4.79 Å². The average Bonchev–Trinajstić information content (AvgIpc) is 2.52. The summed E-state index contributed by atoms with van der Waals surface area (Å²) >= 11 is 0. The Morgan fingerprint density at radius 3 is 3.00 bits per heavy atom. The van der Waals surface area contributed by atoms with E-state index >= 15 is 0 Å². The van der Waals surface area contributed by atoms with E-state index in [1.54, 1.807) is 0 Å². The van der Waals surface area contributed by atoms with E-state index in [4.69, 9.17) is 5.11 Å². The highest BCUT2D eigenvalue weighted by Gasteiger charge is 2.37. The van der Waals surface area contributed by atoms with Crippen LogP contribution in [0.25, 0.3) is 0 Å². The van der Waals surface area contributed by atoms with Crippen LogP contribution in [0.15, 0.2) is 0 Å². The molecule has 2 saturated heterocycles. The Hall–Kier alpha value is -0.570. The van der Waals surface area contributed by atoms with E-state index in [0.717, 1.165) is 13.0 Å². The Morgan fingerprint density at radius 1 is 1.42 bits per heavy atom. The molecule has 2 unspecified atom stereocenters. The zero-order valence-electron chi connectivity index (χ0n) is 7.20. The first-order valence-corrected chi connectivity index (χ1v) is 4.73. The molecule has 2 rings (SSSR count). The van der Waals surface area contributed by atoms with E-state index in [9.17, 15) is 4.79 Å². The molecule has 3 nitrogen and oxygen atoms in total. The third kappa shape index (κ3) is 1.33. The number of carbonyl (C=O) groups is 1. The lowest BCUT2D eigenvalue weighted by Crippen LogP contribution is -2.26. The summed E-state index contributed by atoms with van der Waals surface area (Å²) in [6.07, 6.45) is 3.96. The van der Waals surface area contributed by atoms with Gasteiger partial charge >= 0.3 is 5.97 Å². The molecule has 0 aliphatic carbocycles. The van der Waals surface area contributed by atoms with Crippen LogP contribution in [0.3, 0.4) is 0 Å². The molecule has 12 heavy (non-hydrogen) atoms. The van der Waals surface area contributed by atoms with Crippen molar-refractivity contribution in [2.24, 2.45) is 5.92 Å². The van der Waals surface area contributed by atoms with Crippen molar-refractivity contribution in [3.63, 3.8) is 0 Å². The van der Waals surface area contributed by atoms with Crippen molar-refractivity contribution in [1.82, 2.24) is 4.90 Å². The number of hydrogen-bond acceptors (Lipinski definition) is 2. The van der Waals surface area contributed by atoms with Gasteiger partial charge in [-0.15, -0.1) is 0 Å². The van der Waals surface area contributed by atoms with Gasteiger partial charge in [0.05, 0.1) is 0 Å². The second-order valence-electron chi connectivity index (χ2n) is 3.89. The number of hydrogen-bond donors (Lipinski definition) is 1. The van der Waals surface area contributed by atoms with Crippen LogP contribution in [0.1, 0.15) is 25.7 Å². The molecule has 3 heteroatoms. The van der Waals surface area contributed by atoms with Gasteiger partial charge in [-0.05, 0) is 38.3 Å². The lowest BCUT2D eigenvalue weighted by atomic mass is 9.95. The molecule has 2 aliphatic heterocycles. The van der Waals surface area contributed by atoms with Gasteiger partial charge < -0.3 is 10.0 Å². The van der Waals surface area contributed by atoms with Gasteiger partial charge in [-0.1, -0.05) is 0 Å². The maximum absolute atomic E-state index is 10.5. The SMILES string of the molecule is O=C(O)CC1CCN2CCCC12.